The Morgan fingerprint density at radius 2 is 2.17 bits per heavy atom. The second-order valence-corrected chi connectivity index (χ2v) is 3.29. The molecule has 1 aromatic carbocycles. The first kappa shape index (κ1) is 9.64. The molecular weight excluding hydrogens is 201 g/mol. The van der Waals surface area contributed by atoms with Crippen molar-refractivity contribution in [2.75, 3.05) is 11.4 Å². The third-order valence-corrected chi connectivity index (χ3v) is 1.98. The third-order valence-electron chi connectivity index (χ3n) is 1.33. The van der Waals surface area contributed by atoms with E-state index in [0.29, 0.717) is 5.69 Å². The molecule has 0 atom stereocenters. The van der Waals surface area contributed by atoms with Crippen LogP contribution in [0.5, 0.6) is 0 Å². The number of benzene rings is 1. The average molecular weight is 208 g/mol. The van der Waals surface area contributed by atoms with Crippen LogP contribution in [0.2, 0.25) is 0 Å². The first-order valence-electron chi connectivity index (χ1n) is 3.19. The van der Waals surface area contributed by atoms with E-state index in [9.17, 15) is 4.39 Å². The maximum absolute atomic E-state index is 13.0. The molecule has 0 amide bonds. The van der Waals surface area contributed by atoms with Crippen molar-refractivity contribution in [2.24, 2.45) is 0 Å². The van der Waals surface area contributed by atoms with E-state index in [4.69, 9.17) is 11.9 Å². The largest absolute Gasteiger partial charge is 0.292 e. The quantitative estimate of drug-likeness (QED) is 0.559. The molecule has 12 heavy (non-hydrogen) atoms. The Morgan fingerprint density at radius 1 is 1.50 bits per heavy atom. The SMILES string of the molecule is CN(SOCl)c1ccccc1F. The van der Waals surface area contributed by atoms with E-state index in [0.717, 1.165) is 12.2 Å². The highest BCUT2D eigenvalue weighted by Crippen LogP contribution is 2.24. The molecule has 0 unspecified atom stereocenters. The van der Waals surface area contributed by atoms with Gasteiger partial charge in [-0.15, -0.1) is 0 Å². The van der Waals surface area contributed by atoms with E-state index in [-0.39, 0.29) is 5.82 Å². The lowest BCUT2D eigenvalue weighted by atomic mass is 10.3. The molecule has 0 N–H and O–H groups in total. The molecule has 0 heterocycles. The minimum absolute atomic E-state index is 0.304. The van der Waals surface area contributed by atoms with Crippen LogP contribution < -0.4 is 4.31 Å². The van der Waals surface area contributed by atoms with Gasteiger partial charge in [-0.05, 0) is 12.1 Å². The van der Waals surface area contributed by atoms with Crippen molar-refractivity contribution in [3.8, 4) is 0 Å². The summed E-state index contributed by atoms with van der Waals surface area (Å²) in [7, 11) is 1.66. The highest BCUT2D eigenvalue weighted by molar-refractivity contribution is 7.96. The zero-order valence-corrected chi connectivity index (χ0v) is 7.90. The van der Waals surface area contributed by atoms with E-state index in [1.54, 1.807) is 25.2 Å². The van der Waals surface area contributed by atoms with E-state index < -0.39 is 0 Å². The Bertz CT molecular complexity index is 261. The topological polar surface area (TPSA) is 12.5 Å². The zero-order chi connectivity index (χ0) is 8.97. The summed E-state index contributed by atoms with van der Waals surface area (Å²) in [5.41, 5.74) is 0.433. The third kappa shape index (κ3) is 2.27. The minimum Gasteiger partial charge on any atom is -0.292 e. The average Bonchev–Trinajstić information content (AvgIpc) is 2.05. The molecule has 0 saturated carbocycles. The summed E-state index contributed by atoms with van der Waals surface area (Å²) in [5.74, 6) is -0.304. The summed E-state index contributed by atoms with van der Waals surface area (Å²) in [6.45, 7) is 0. The molecule has 0 fully saturated rings. The van der Waals surface area contributed by atoms with Gasteiger partial charge in [-0.3, -0.25) is 4.31 Å². The van der Waals surface area contributed by atoms with Crippen molar-refractivity contribution in [1.29, 1.82) is 0 Å². The van der Waals surface area contributed by atoms with Gasteiger partial charge in [0.15, 0.2) is 0 Å². The van der Waals surface area contributed by atoms with E-state index >= 15 is 0 Å². The summed E-state index contributed by atoms with van der Waals surface area (Å²) >= 11 is 5.85. The van der Waals surface area contributed by atoms with Crippen LogP contribution in [0.3, 0.4) is 0 Å². The van der Waals surface area contributed by atoms with Gasteiger partial charge in [-0.25, -0.2) is 4.39 Å². The number of hydrogen-bond donors (Lipinski definition) is 0. The number of nitrogens with zero attached hydrogens (tertiary/aromatic N) is 1. The van der Waals surface area contributed by atoms with Crippen LogP contribution in [0.15, 0.2) is 24.3 Å². The Balaban J connectivity index is 2.79. The molecule has 2 nitrogen and oxygen atoms in total. The zero-order valence-electron chi connectivity index (χ0n) is 6.33. The van der Waals surface area contributed by atoms with Gasteiger partial charge in [0.25, 0.3) is 0 Å². The monoisotopic (exact) mass is 207 g/mol. The van der Waals surface area contributed by atoms with Crippen LogP contribution in [-0.4, -0.2) is 7.05 Å². The molecule has 5 heteroatoms. The fourth-order valence-corrected chi connectivity index (χ4v) is 1.36. The molecule has 0 saturated heterocycles. The van der Waals surface area contributed by atoms with E-state index in [1.807, 2.05) is 0 Å². The van der Waals surface area contributed by atoms with Crippen molar-refractivity contribution >= 4 is 29.8 Å². The van der Waals surface area contributed by atoms with Gasteiger partial charge in [0, 0.05) is 7.05 Å². The Hall–Kier alpha value is -0.450. The summed E-state index contributed by atoms with van der Waals surface area (Å²) < 4.78 is 18.8. The lowest BCUT2D eigenvalue weighted by Gasteiger charge is -2.14. The maximum atomic E-state index is 13.0. The van der Waals surface area contributed by atoms with Crippen LogP contribution in [0.25, 0.3) is 0 Å². The van der Waals surface area contributed by atoms with Gasteiger partial charge in [0.1, 0.15) is 18.0 Å². The molecule has 0 aromatic heterocycles. The van der Waals surface area contributed by atoms with Crippen LogP contribution in [-0.2, 0) is 3.74 Å². The molecular formula is C7H7ClFNOS. The van der Waals surface area contributed by atoms with Crippen molar-refractivity contribution in [1.82, 2.24) is 0 Å². The van der Waals surface area contributed by atoms with Crippen molar-refractivity contribution < 1.29 is 8.13 Å². The second-order valence-electron chi connectivity index (χ2n) is 2.09. The van der Waals surface area contributed by atoms with Crippen LogP contribution in [0.4, 0.5) is 10.1 Å². The first-order chi connectivity index (χ1) is 5.75. The summed E-state index contributed by atoms with van der Waals surface area (Å²) in [5, 5.41) is 0. The molecule has 66 valence electrons. The first-order valence-corrected chi connectivity index (χ1v) is 4.20. The number of anilines is 1. The molecule has 0 aliphatic heterocycles. The lowest BCUT2D eigenvalue weighted by Crippen LogP contribution is -2.07. The molecule has 0 bridgehead atoms. The summed E-state index contributed by atoms with van der Waals surface area (Å²) in [4.78, 5) is 0. The van der Waals surface area contributed by atoms with Gasteiger partial charge in [0.2, 0.25) is 0 Å². The molecule has 1 rings (SSSR count). The fraction of sp³-hybridized carbons (Fsp3) is 0.143. The van der Waals surface area contributed by atoms with Crippen LogP contribution >= 0.6 is 24.1 Å². The molecule has 0 aliphatic carbocycles. The molecule has 0 radical (unpaired) electrons. The Kier molecular flexibility index (Phi) is 3.65. The van der Waals surface area contributed by atoms with Gasteiger partial charge in [0.05, 0.1) is 17.6 Å². The van der Waals surface area contributed by atoms with E-state index in [1.165, 1.54) is 10.4 Å². The number of para-hydroxylation sites is 1. The highest BCUT2D eigenvalue weighted by Gasteiger charge is 2.06. The minimum atomic E-state index is -0.304. The number of rotatable bonds is 3. The van der Waals surface area contributed by atoms with Gasteiger partial charge < -0.3 is 0 Å². The van der Waals surface area contributed by atoms with Crippen molar-refractivity contribution in [3.63, 3.8) is 0 Å². The smallest absolute Gasteiger partial charge is 0.147 e. The molecule has 0 spiro atoms. The lowest BCUT2D eigenvalue weighted by molar-refractivity contribution is 0.628. The Labute approximate surface area is 79.8 Å². The fourth-order valence-electron chi connectivity index (χ4n) is 0.790. The molecule has 1 aromatic rings. The predicted molar refractivity (Wildman–Crippen MR) is 49.3 cm³/mol. The van der Waals surface area contributed by atoms with Crippen LogP contribution in [0.1, 0.15) is 0 Å². The normalized spacial score (nSPS) is 9.92. The Morgan fingerprint density at radius 3 is 2.75 bits per heavy atom. The predicted octanol–water partition coefficient (Wildman–Crippen LogP) is 3.00. The number of halogens is 2. The van der Waals surface area contributed by atoms with Gasteiger partial charge in [-0.1, -0.05) is 12.1 Å². The summed E-state index contributed by atoms with van der Waals surface area (Å²) in [6, 6.07) is 6.38. The van der Waals surface area contributed by atoms with Crippen molar-refractivity contribution in [3.05, 3.63) is 30.1 Å². The standard InChI is InChI=1S/C7H7ClFNOS/c1-10(12-11-8)7-5-3-2-4-6(7)9/h2-5H,1H3. The van der Waals surface area contributed by atoms with Crippen molar-refractivity contribution in [2.45, 2.75) is 0 Å². The van der Waals surface area contributed by atoms with Gasteiger partial charge >= 0.3 is 0 Å². The van der Waals surface area contributed by atoms with E-state index in [2.05, 4.69) is 3.74 Å². The number of hydrogen-bond acceptors (Lipinski definition) is 3. The van der Waals surface area contributed by atoms with Crippen LogP contribution in [0, 0.1) is 5.82 Å². The second kappa shape index (κ2) is 4.54. The summed E-state index contributed by atoms with van der Waals surface area (Å²) in [6.07, 6.45) is 0. The highest BCUT2D eigenvalue weighted by atomic mass is 35.5. The van der Waals surface area contributed by atoms with Gasteiger partial charge in [-0.2, -0.15) is 3.74 Å². The maximum Gasteiger partial charge on any atom is 0.147 e. The molecule has 0 aliphatic rings.